The molecule has 4 aliphatic carbocycles. The minimum absolute atomic E-state index is 0.218. The summed E-state index contributed by atoms with van der Waals surface area (Å²) in [7, 11) is 0. The second-order valence-corrected chi connectivity index (χ2v) is 28.1. The minimum Gasteiger partial charge on any atom is -0.0683 e. The molecule has 0 unspecified atom stereocenters. The lowest BCUT2D eigenvalue weighted by atomic mass is 9.64. The maximum Gasteiger partial charge on any atom is -0.00170 e. The fourth-order valence-corrected chi connectivity index (χ4v) is 9.90. The van der Waals surface area contributed by atoms with Crippen molar-refractivity contribution in [1.29, 1.82) is 0 Å². The quantitative estimate of drug-likeness (QED) is 0.239. The van der Waals surface area contributed by atoms with Crippen LogP contribution in [0, 0.1) is 33.5 Å². The number of rotatable bonds is 5. The van der Waals surface area contributed by atoms with Crippen LogP contribution in [0.3, 0.4) is 0 Å². The lowest BCUT2D eigenvalue weighted by Crippen LogP contribution is -2.30. The van der Waals surface area contributed by atoms with Crippen molar-refractivity contribution in [2.45, 2.75) is 275 Å². The molecule has 0 radical (unpaired) electrons. The molecule has 0 nitrogen and oxygen atoms in total. The number of hydrogen-bond acceptors (Lipinski definition) is 0. The van der Waals surface area contributed by atoms with Gasteiger partial charge in [-0.1, -0.05) is 328 Å². The van der Waals surface area contributed by atoms with E-state index in [4.69, 9.17) is 0 Å². The highest BCUT2D eigenvalue weighted by atomic mass is 14.4. The molecule has 0 N–H and O–H groups in total. The molecule has 0 aromatic heterocycles. The van der Waals surface area contributed by atoms with Crippen LogP contribution in [0.15, 0.2) is 132 Å². The molecule has 3 aromatic rings. The van der Waals surface area contributed by atoms with E-state index in [-0.39, 0.29) is 21.7 Å². The van der Waals surface area contributed by atoms with Crippen LogP contribution in [0.5, 0.6) is 0 Å². The summed E-state index contributed by atoms with van der Waals surface area (Å²) in [6.07, 6.45) is 22.9. The van der Waals surface area contributed by atoms with E-state index >= 15 is 0 Å². The molecule has 0 heterocycles. The van der Waals surface area contributed by atoms with Crippen LogP contribution in [0.1, 0.15) is 298 Å². The van der Waals surface area contributed by atoms with E-state index in [1.165, 1.54) is 86.9 Å². The third-order valence-electron chi connectivity index (χ3n) is 15.6. The first-order valence-corrected chi connectivity index (χ1v) is 31.2. The molecule has 1 fully saturated rings. The molecule has 77 heavy (non-hydrogen) atoms. The van der Waals surface area contributed by atoms with Gasteiger partial charge in [-0.15, -0.1) is 0 Å². The van der Waals surface area contributed by atoms with Gasteiger partial charge in [-0.05, 0) is 157 Å². The Hall–Kier alpha value is -3.90. The Labute approximate surface area is 482 Å². The van der Waals surface area contributed by atoms with Gasteiger partial charge in [0.05, 0.1) is 0 Å². The standard InChI is InChI=1S/C24H30.C18H24.C14H28.C13H20.4C2H6/c1-23(2,3)21-12-9-17(10-13-21)18-7-8-19(15-18)20-11-14-22(16-20)24(4,5)6;1-13(2)14-6-8-15(9-7-14)16-10-11-17(12-16)18(3,4)5;1-13(2,3)11-7-9-12(10-8-11)14(4,5)6;1-10(2)11-6-8-12(9-7-11)13(3,4)5;4*1-2/h7-14H,15-16H2,1-6H3;6-11,13H,12H2,1-5H3;11-12H,7-10H2,1-6H3;6-10H,1-5H3;4*1-2H3. The third-order valence-corrected chi connectivity index (χ3v) is 15.6. The number of allylic oxidation sites excluding steroid dienone is 12. The van der Waals surface area contributed by atoms with Crippen LogP contribution in [0.25, 0.3) is 11.1 Å². The fraction of sp³-hybridized carbons (Fsp3) is 0.610. The van der Waals surface area contributed by atoms with E-state index in [9.17, 15) is 0 Å². The topological polar surface area (TPSA) is 0 Å². The van der Waals surface area contributed by atoms with E-state index < -0.39 is 0 Å². The molecule has 0 saturated heterocycles. The van der Waals surface area contributed by atoms with Gasteiger partial charge in [0.2, 0.25) is 0 Å². The van der Waals surface area contributed by atoms with Crippen LogP contribution >= 0.6 is 0 Å². The lowest BCUT2D eigenvalue weighted by molar-refractivity contribution is 0.0970. The molecule has 0 atom stereocenters. The maximum atomic E-state index is 2.40. The number of benzene rings is 3. The Bertz CT molecular complexity index is 2260. The van der Waals surface area contributed by atoms with Gasteiger partial charge in [-0.25, -0.2) is 0 Å². The number of hydrogen-bond donors (Lipinski definition) is 0. The molecule has 0 amide bonds. The van der Waals surface area contributed by atoms with Crippen molar-refractivity contribution in [3.63, 3.8) is 0 Å². The molecular weight excluding hydrogens is 925 g/mol. The second-order valence-electron chi connectivity index (χ2n) is 28.1. The summed E-state index contributed by atoms with van der Waals surface area (Å²) in [5.41, 5.74) is 19.5. The van der Waals surface area contributed by atoms with Crippen LogP contribution in [-0.2, 0) is 10.8 Å². The smallest absolute Gasteiger partial charge is 0.00170 e. The first-order chi connectivity index (χ1) is 35.6. The fourth-order valence-electron chi connectivity index (χ4n) is 9.90. The monoisotopic (exact) mass is 1050 g/mol. The second kappa shape index (κ2) is 33.0. The van der Waals surface area contributed by atoms with Crippen LogP contribution < -0.4 is 0 Å². The summed E-state index contributed by atoms with van der Waals surface area (Å²) in [6.45, 7) is 66.6. The Morgan fingerprint density at radius 2 is 0.545 bits per heavy atom. The summed E-state index contributed by atoms with van der Waals surface area (Å²) >= 11 is 0. The molecule has 1 saturated carbocycles. The Morgan fingerprint density at radius 1 is 0.299 bits per heavy atom. The van der Waals surface area contributed by atoms with Gasteiger partial charge in [0, 0.05) is 0 Å². The molecule has 0 aliphatic heterocycles. The highest BCUT2D eigenvalue weighted by molar-refractivity contribution is 5.75. The predicted octanol–water partition coefficient (Wildman–Crippen LogP) is 25.7. The zero-order valence-electron chi connectivity index (χ0n) is 56.7. The zero-order chi connectivity index (χ0) is 59.9. The van der Waals surface area contributed by atoms with E-state index in [0.717, 1.165) is 31.1 Å². The first-order valence-electron chi connectivity index (χ1n) is 31.2. The van der Waals surface area contributed by atoms with E-state index in [1.54, 1.807) is 5.57 Å². The molecular formula is C77H126. The average Bonchev–Trinajstić information content (AvgIpc) is 4.19. The summed E-state index contributed by atoms with van der Waals surface area (Å²) < 4.78 is 0. The van der Waals surface area contributed by atoms with Gasteiger partial charge in [-0.3, -0.25) is 0 Å². The molecule has 0 bridgehead atoms. The SMILES string of the molecule is CC.CC.CC.CC.CC(C)(C)C1=CC=C(C2=CC=C(c3ccc(C(C)(C)C)cc3)C2)C1.CC(C)(C)C1CCC(C(C)(C)C)CC1.CC(C)c1ccc(C(C)(C)C)cc1.CC(C)c1ccc(C2=CC=C(C(C)(C)C)C2)cc1. The van der Waals surface area contributed by atoms with Crippen molar-refractivity contribution in [2.75, 3.05) is 0 Å². The third kappa shape index (κ3) is 25.0. The van der Waals surface area contributed by atoms with Crippen molar-refractivity contribution in [3.8, 4) is 0 Å². The first kappa shape index (κ1) is 73.1. The lowest BCUT2D eigenvalue weighted by Gasteiger charge is -2.41. The van der Waals surface area contributed by atoms with Crippen molar-refractivity contribution in [2.24, 2.45) is 33.5 Å². The van der Waals surface area contributed by atoms with E-state index in [1.807, 2.05) is 55.4 Å². The predicted molar refractivity (Wildman–Crippen MR) is 356 cm³/mol. The molecule has 0 spiro atoms. The van der Waals surface area contributed by atoms with Gasteiger partial charge >= 0.3 is 0 Å². The Balaban J connectivity index is 0.000000981. The largest absolute Gasteiger partial charge is 0.0683 e. The van der Waals surface area contributed by atoms with Crippen LogP contribution in [0.2, 0.25) is 0 Å². The van der Waals surface area contributed by atoms with Crippen LogP contribution in [-0.4, -0.2) is 0 Å². The van der Waals surface area contributed by atoms with Crippen LogP contribution in [0.4, 0.5) is 0 Å². The van der Waals surface area contributed by atoms with Gasteiger partial charge < -0.3 is 0 Å². The van der Waals surface area contributed by atoms with Gasteiger partial charge in [0.25, 0.3) is 0 Å². The Kier molecular flexibility index (Phi) is 31.3. The summed E-state index contributed by atoms with van der Waals surface area (Å²) in [6, 6.07) is 27.1. The van der Waals surface area contributed by atoms with Crippen molar-refractivity contribution in [3.05, 3.63) is 165 Å². The highest BCUT2D eigenvalue weighted by Crippen LogP contribution is 2.46. The molecule has 434 valence electrons. The summed E-state index contributed by atoms with van der Waals surface area (Å²) in [5.74, 6) is 3.16. The minimum atomic E-state index is 0.218. The van der Waals surface area contributed by atoms with Crippen molar-refractivity contribution < 1.29 is 0 Å². The van der Waals surface area contributed by atoms with Gasteiger partial charge in [0.15, 0.2) is 0 Å². The van der Waals surface area contributed by atoms with Crippen molar-refractivity contribution in [1.82, 2.24) is 0 Å². The van der Waals surface area contributed by atoms with Gasteiger partial charge in [0.1, 0.15) is 0 Å². The molecule has 3 aromatic carbocycles. The van der Waals surface area contributed by atoms with Gasteiger partial charge in [-0.2, -0.15) is 0 Å². The molecule has 0 heteroatoms. The maximum absolute atomic E-state index is 2.40. The molecule has 7 rings (SSSR count). The normalized spacial score (nSPS) is 17.3. The Morgan fingerprint density at radius 3 is 0.844 bits per heavy atom. The average molecular weight is 1050 g/mol. The van der Waals surface area contributed by atoms with E-state index in [2.05, 4.69) is 262 Å². The molecule has 4 aliphatic rings. The highest BCUT2D eigenvalue weighted by Gasteiger charge is 2.34. The summed E-state index contributed by atoms with van der Waals surface area (Å²) in [4.78, 5) is 0. The summed E-state index contributed by atoms with van der Waals surface area (Å²) in [5, 5.41) is 0. The zero-order valence-corrected chi connectivity index (χ0v) is 56.7. The van der Waals surface area contributed by atoms with Crippen molar-refractivity contribution >= 4 is 11.1 Å². The van der Waals surface area contributed by atoms with E-state index in [0.29, 0.717) is 22.7 Å².